The van der Waals surface area contributed by atoms with Crippen molar-refractivity contribution < 1.29 is 23.8 Å². The van der Waals surface area contributed by atoms with Gasteiger partial charge in [-0.1, -0.05) is 66.7 Å². The number of aromatic nitrogens is 1. The highest BCUT2D eigenvalue weighted by Crippen LogP contribution is 2.22. The number of fused-ring (bicyclic) bond motifs is 1. The van der Waals surface area contributed by atoms with Crippen molar-refractivity contribution in [3.05, 3.63) is 105 Å². The molecule has 2 heterocycles. The molecule has 1 atom stereocenters. The topological polar surface area (TPSA) is 128 Å². The Balaban J connectivity index is 1.36. The molecule has 4 aromatic rings. The molecule has 1 fully saturated rings. The number of nitrogens with zero attached hydrogens (tertiary/aromatic N) is 4. The first-order valence-electron chi connectivity index (χ1n) is 15.1. The molecule has 2 amide bonds. The summed E-state index contributed by atoms with van der Waals surface area (Å²) in [6, 6.07) is 22.0. The van der Waals surface area contributed by atoms with Gasteiger partial charge in [0.15, 0.2) is 0 Å². The number of likely N-dealkylation sites (N-methyl/N-ethyl adjacent to an activating group) is 1. The fourth-order valence-corrected chi connectivity index (χ4v) is 5.53. The number of hydrogen-bond donors (Lipinski definition) is 2. The van der Waals surface area contributed by atoms with Gasteiger partial charge >= 0.3 is 11.7 Å². The summed E-state index contributed by atoms with van der Waals surface area (Å²) in [4.78, 5) is 48.8. The number of carbonyl (C=O) groups is 2. The van der Waals surface area contributed by atoms with E-state index in [0.29, 0.717) is 55.9 Å². The number of morpholine rings is 1. The predicted molar refractivity (Wildman–Crippen MR) is 171 cm³/mol. The van der Waals surface area contributed by atoms with Crippen LogP contribution in [0.5, 0.6) is 0 Å². The molecule has 2 N–H and O–H groups in total. The van der Waals surface area contributed by atoms with Gasteiger partial charge in [0, 0.05) is 52.7 Å². The zero-order valence-corrected chi connectivity index (χ0v) is 25.6. The number of nitrogens with one attached hydrogen (secondary N) is 1. The Labute approximate surface area is 262 Å². The van der Waals surface area contributed by atoms with Gasteiger partial charge in [0.2, 0.25) is 5.91 Å². The first kappa shape index (κ1) is 31.7. The van der Waals surface area contributed by atoms with Crippen LogP contribution in [-0.4, -0.2) is 89.3 Å². The van der Waals surface area contributed by atoms with E-state index >= 15 is 0 Å². The maximum Gasteiger partial charge on any atom is 0.407 e. The maximum absolute atomic E-state index is 13.7. The number of ether oxygens (including phenoxy) is 1. The van der Waals surface area contributed by atoms with Gasteiger partial charge in [-0.25, -0.2) is 9.59 Å². The lowest BCUT2D eigenvalue weighted by Gasteiger charge is -2.29. The standard InChI is InChI=1S/C34H39N5O6/c1-24-27(23-39(34(42)43)16-15-38-17-19-44-20-18-38)13-14-28-30(24)32(41)45-33(35-28)36-29(21-25-9-5-3-6-10-25)31(40)37(2)22-26-11-7-4-8-12-26/h3-14,29H,15-23H2,1-2H3,(H,35,36)(H,42,43)/t29-/m0/s1. The average Bonchev–Trinajstić information content (AvgIpc) is 3.04. The van der Waals surface area contributed by atoms with E-state index in [1.54, 1.807) is 31.0 Å². The SMILES string of the molecule is Cc1c(CN(CCN2CCOCC2)C(=O)O)ccc2nc(N[C@@H](Cc3ccccc3)C(=O)N(C)Cc3ccccc3)oc(=O)c12. The van der Waals surface area contributed by atoms with Crippen LogP contribution >= 0.6 is 0 Å². The molecule has 45 heavy (non-hydrogen) atoms. The number of amides is 2. The Bertz CT molecular complexity index is 1660. The summed E-state index contributed by atoms with van der Waals surface area (Å²) in [6.45, 7) is 6.07. The zero-order valence-electron chi connectivity index (χ0n) is 25.6. The van der Waals surface area contributed by atoms with Gasteiger partial charge in [0.1, 0.15) is 6.04 Å². The van der Waals surface area contributed by atoms with Crippen LogP contribution in [0.1, 0.15) is 22.3 Å². The molecule has 5 rings (SSSR count). The van der Waals surface area contributed by atoms with Crippen molar-refractivity contribution in [2.75, 3.05) is 51.8 Å². The minimum Gasteiger partial charge on any atom is -0.465 e. The Kier molecular flexibility index (Phi) is 10.4. The lowest BCUT2D eigenvalue weighted by Crippen LogP contribution is -2.42. The molecule has 1 aliphatic rings. The molecule has 0 spiro atoms. The summed E-state index contributed by atoms with van der Waals surface area (Å²) in [5.41, 5.74) is 3.03. The molecule has 11 nitrogen and oxygen atoms in total. The second-order valence-corrected chi connectivity index (χ2v) is 11.3. The first-order chi connectivity index (χ1) is 21.8. The van der Waals surface area contributed by atoms with E-state index in [0.717, 1.165) is 24.2 Å². The summed E-state index contributed by atoms with van der Waals surface area (Å²) in [7, 11) is 1.74. The fourth-order valence-electron chi connectivity index (χ4n) is 5.53. The van der Waals surface area contributed by atoms with Crippen molar-refractivity contribution in [1.29, 1.82) is 0 Å². The number of carbonyl (C=O) groups excluding carboxylic acids is 1. The highest BCUT2D eigenvalue weighted by Gasteiger charge is 2.25. The molecule has 3 aromatic carbocycles. The largest absolute Gasteiger partial charge is 0.465 e. The molecule has 0 aliphatic carbocycles. The number of carboxylic acid groups (broad SMARTS) is 1. The first-order valence-corrected chi connectivity index (χ1v) is 15.1. The Morgan fingerprint density at radius 3 is 2.31 bits per heavy atom. The predicted octanol–water partition coefficient (Wildman–Crippen LogP) is 3.99. The van der Waals surface area contributed by atoms with Crippen molar-refractivity contribution in [1.82, 2.24) is 19.7 Å². The van der Waals surface area contributed by atoms with Crippen molar-refractivity contribution in [3.8, 4) is 0 Å². The van der Waals surface area contributed by atoms with Crippen LogP contribution in [-0.2, 0) is 29.0 Å². The van der Waals surface area contributed by atoms with Gasteiger partial charge < -0.3 is 29.4 Å². The van der Waals surface area contributed by atoms with Gasteiger partial charge in [-0.15, -0.1) is 0 Å². The summed E-state index contributed by atoms with van der Waals surface area (Å²) in [5.74, 6) is -0.176. The Morgan fingerprint density at radius 2 is 1.64 bits per heavy atom. The number of hydrogen-bond acceptors (Lipinski definition) is 8. The number of anilines is 1. The highest BCUT2D eigenvalue weighted by molar-refractivity contribution is 5.85. The zero-order chi connectivity index (χ0) is 31.8. The van der Waals surface area contributed by atoms with E-state index in [9.17, 15) is 19.5 Å². The van der Waals surface area contributed by atoms with E-state index in [1.807, 2.05) is 60.7 Å². The molecule has 0 saturated carbocycles. The monoisotopic (exact) mass is 613 g/mol. The molecule has 236 valence electrons. The Morgan fingerprint density at radius 1 is 0.978 bits per heavy atom. The van der Waals surface area contributed by atoms with Gasteiger partial charge in [-0.05, 0) is 35.2 Å². The number of rotatable bonds is 12. The minimum absolute atomic E-state index is 0.0558. The molecule has 0 unspecified atom stereocenters. The number of benzene rings is 3. The van der Waals surface area contributed by atoms with Crippen molar-refractivity contribution in [3.63, 3.8) is 0 Å². The summed E-state index contributed by atoms with van der Waals surface area (Å²) >= 11 is 0. The molecular weight excluding hydrogens is 574 g/mol. The lowest BCUT2D eigenvalue weighted by molar-refractivity contribution is -0.131. The molecular formula is C34H39N5O6. The molecule has 0 bridgehead atoms. The highest BCUT2D eigenvalue weighted by atomic mass is 16.5. The summed E-state index contributed by atoms with van der Waals surface area (Å²) in [5, 5.41) is 13.2. The van der Waals surface area contributed by atoms with E-state index in [-0.39, 0.29) is 23.9 Å². The minimum atomic E-state index is -1.03. The van der Waals surface area contributed by atoms with Crippen LogP contribution in [0.3, 0.4) is 0 Å². The molecule has 0 radical (unpaired) electrons. The van der Waals surface area contributed by atoms with E-state index in [2.05, 4.69) is 15.2 Å². The van der Waals surface area contributed by atoms with Gasteiger partial charge in [0.25, 0.3) is 6.01 Å². The van der Waals surface area contributed by atoms with E-state index in [4.69, 9.17) is 9.15 Å². The van der Waals surface area contributed by atoms with Crippen LogP contribution < -0.4 is 10.9 Å². The molecule has 1 aliphatic heterocycles. The second kappa shape index (κ2) is 14.8. The normalized spacial score (nSPS) is 14.2. The molecule has 1 saturated heterocycles. The Hall–Kier alpha value is -4.74. The van der Waals surface area contributed by atoms with Crippen molar-refractivity contribution >= 4 is 28.9 Å². The smallest absolute Gasteiger partial charge is 0.407 e. The van der Waals surface area contributed by atoms with E-state index in [1.165, 1.54) is 4.90 Å². The average molecular weight is 614 g/mol. The molecule has 1 aromatic heterocycles. The van der Waals surface area contributed by atoms with Gasteiger partial charge in [-0.3, -0.25) is 9.69 Å². The lowest BCUT2D eigenvalue weighted by atomic mass is 10.0. The number of aryl methyl sites for hydroxylation is 1. The van der Waals surface area contributed by atoms with Crippen LogP contribution in [0.25, 0.3) is 10.9 Å². The third-order valence-corrected chi connectivity index (χ3v) is 8.11. The van der Waals surface area contributed by atoms with Crippen LogP contribution in [0.15, 0.2) is 82.0 Å². The van der Waals surface area contributed by atoms with Gasteiger partial charge in [0.05, 0.1) is 24.1 Å². The third-order valence-electron chi connectivity index (χ3n) is 8.11. The quantitative estimate of drug-likeness (QED) is 0.244. The third kappa shape index (κ3) is 8.25. The fraction of sp³-hybridized carbons (Fsp3) is 0.353. The summed E-state index contributed by atoms with van der Waals surface area (Å²) < 4.78 is 11.0. The summed E-state index contributed by atoms with van der Waals surface area (Å²) in [6.07, 6.45) is -0.672. The maximum atomic E-state index is 13.7. The van der Waals surface area contributed by atoms with Crippen LogP contribution in [0, 0.1) is 6.92 Å². The second-order valence-electron chi connectivity index (χ2n) is 11.3. The van der Waals surface area contributed by atoms with E-state index < -0.39 is 17.8 Å². The van der Waals surface area contributed by atoms with Crippen molar-refractivity contribution in [2.45, 2.75) is 32.5 Å². The van der Waals surface area contributed by atoms with Crippen molar-refractivity contribution in [2.24, 2.45) is 0 Å². The van der Waals surface area contributed by atoms with Gasteiger partial charge in [-0.2, -0.15) is 4.98 Å². The van der Waals surface area contributed by atoms with Crippen LogP contribution in [0.4, 0.5) is 10.8 Å². The molecule has 11 heteroatoms. The van der Waals surface area contributed by atoms with Crippen LogP contribution in [0.2, 0.25) is 0 Å².